The largest absolute Gasteiger partial charge is 0.438 e. The third-order valence-corrected chi connectivity index (χ3v) is 2.97. The molecule has 2 nitrogen and oxygen atoms in total. The molecule has 0 unspecified atom stereocenters. The van der Waals surface area contributed by atoms with E-state index < -0.39 is 0 Å². The molecule has 0 saturated carbocycles. The van der Waals surface area contributed by atoms with Gasteiger partial charge in [0, 0.05) is 16.2 Å². The van der Waals surface area contributed by atoms with E-state index in [1.165, 1.54) is 5.56 Å². The van der Waals surface area contributed by atoms with Gasteiger partial charge in [-0.3, -0.25) is 0 Å². The minimum absolute atomic E-state index is 0.653. The quantitative estimate of drug-likeness (QED) is 0.809. The fourth-order valence-corrected chi connectivity index (χ4v) is 2.10. The van der Waals surface area contributed by atoms with Gasteiger partial charge in [-0.05, 0) is 54.4 Å². The van der Waals surface area contributed by atoms with E-state index >= 15 is 0 Å². The molecule has 0 amide bonds. The molecule has 88 valence electrons. The van der Waals surface area contributed by atoms with Gasteiger partial charge in [0.15, 0.2) is 0 Å². The molecule has 0 aliphatic carbocycles. The Morgan fingerprint density at radius 1 is 1.06 bits per heavy atom. The highest BCUT2D eigenvalue weighted by atomic mass is 79.9. The average Bonchev–Trinajstić information content (AvgIpc) is 2.25. The van der Waals surface area contributed by atoms with Crippen LogP contribution in [0, 0.1) is 20.8 Å². The summed E-state index contributed by atoms with van der Waals surface area (Å²) >= 11 is 3.39. The maximum Gasteiger partial charge on any atom is 0.222 e. The van der Waals surface area contributed by atoms with Crippen LogP contribution in [0.15, 0.2) is 34.9 Å². The molecule has 0 fully saturated rings. The Morgan fingerprint density at radius 3 is 2.47 bits per heavy atom. The maximum atomic E-state index is 5.82. The molecule has 17 heavy (non-hydrogen) atoms. The molecule has 1 aromatic heterocycles. The van der Waals surface area contributed by atoms with Gasteiger partial charge in [-0.25, -0.2) is 4.98 Å². The van der Waals surface area contributed by atoms with Gasteiger partial charge in [0.05, 0.1) is 0 Å². The summed E-state index contributed by atoms with van der Waals surface area (Å²) in [6, 6.07) is 8.11. The van der Waals surface area contributed by atoms with Crippen molar-refractivity contribution in [2.24, 2.45) is 0 Å². The van der Waals surface area contributed by atoms with E-state index in [1.54, 1.807) is 6.20 Å². The summed E-state index contributed by atoms with van der Waals surface area (Å²) in [4.78, 5) is 4.27. The number of aryl methyl sites for hydroxylation is 3. The zero-order valence-corrected chi connectivity index (χ0v) is 11.7. The molecule has 0 N–H and O–H groups in total. The van der Waals surface area contributed by atoms with Crippen LogP contribution in [0.2, 0.25) is 0 Å². The average molecular weight is 292 g/mol. The van der Waals surface area contributed by atoms with E-state index in [2.05, 4.69) is 33.9 Å². The van der Waals surface area contributed by atoms with E-state index in [1.807, 2.05) is 32.0 Å². The minimum atomic E-state index is 0.653. The SMILES string of the molecule is Cc1ccc(Oc2ncc(Br)cc2C)c(C)c1. The van der Waals surface area contributed by atoms with Crippen molar-refractivity contribution in [1.29, 1.82) is 0 Å². The monoisotopic (exact) mass is 291 g/mol. The number of ether oxygens (including phenoxy) is 1. The highest BCUT2D eigenvalue weighted by molar-refractivity contribution is 9.10. The van der Waals surface area contributed by atoms with Crippen LogP contribution >= 0.6 is 15.9 Å². The lowest BCUT2D eigenvalue weighted by Crippen LogP contribution is -1.93. The molecule has 0 bridgehead atoms. The first-order valence-electron chi connectivity index (χ1n) is 5.43. The highest BCUT2D eigenvalue weighted by Gasteiger charge is 2.06. The number of benzene rings is 1. The predicted molar refractivity (Wildman–Crippen MR) is 72.7 cm³/mol. The van der Waals surface area contributed by atoms with Crippen LogP contribution in [0.3, 0.4) is 0 Å². The number of pyridine rings is 1. The molecule has 0 radical (unpaired) electrons. The minimum Gasteiger partial charge on any atom is -0.438 e. The lowest BCUT2D eigenvalue weighted by Gasteiger charge is -2.10. The second-order valence-electron chi connectivity index (χ2n) is 4.15. The number of hydrogen-bond acceptors (Lipinski definition) is 2. The Kier molecular flexibility index (Phi) is 3.48. The number of nitrogens with zero attached hydrogens (tertiary/aromatic N) is 1. The fraction of sp³-hybridized carbons (Fsp3) is 0.214. The first kappa shape index (κ1) is 12.1. The molecule has 1 heterocycles. The Hall–Kier alpha value is -1.35. The molecule has 0 spiro atoms. The fourth-order valence-electron chi connectivity index (χ4n) is 1.65. The molecular weight excluding hydrogens is 278 g/mol. The second kappa shape index (κ2) is 4.88. The maximum absolute atomic E-state index is 5.82. The van der Waals surface area contributed by atoms with Gasteiger partial charge in [0.2, 0.25) is 5.88 Å². The van der Waals surface area contributed by atoms with Crippen molar-refractivity contribution in [2.45, 2.75) is 20.8 Å². The van der Waals surface area contributed by atoms with Crippen LogP contribution < -0.4 is 4.74 Å². The third-order valence-electron chi connectivity index (χ3n) is 2.53. The van der Waals surface area contributed by atoms with Crippen molar-refractivity contribution in [2.75, 3.05) is 0 Å². The van der Waals surface area contributed by atoms with Gasteiger partial charge in [-0.2, -0.15) is 0 Å². The van der Waals surface area contributed by atoms with Crippen LogP contribution in [0.25, 0.3) is 0 Å². The molecule has 0 aliphatic rings. The van der Waals surface area contributed by atoms with Gasteiger partial charge in [0.25, 0.3) is 0 Å². The Labute approximate surface area is 110 Å². The molecule has 2 rings (SSSR count). The molecule has 0 atom stereocenters. The van der Waals surface area contributed by atoms with Gasteiger partial charge in [-0.1, -0.05) is 17.7 Å². The van der Waals surface area contributed by atoms with Crippen molar-refractivity contribution >= 4 is 15.9 Å². The van der Waals surface area contributed by atoms with E-state index in [9.17, 15) is 0 Å². The summed E-state index contributed by atoms with van der Waals surface area (Å²) in [5.41, 5.74) is 3.36. The first-order valence-corrected chi connectivity index (χ1v) is 6.23. The van der Waals surface area contributed by atoms with Gasteiger partial charge >= 0.3 is 0 Å². The number of rotatable bonds is 2. The van der Waals surface area contributed by atoms with E-state index in [4.69, 9.17) is 4.74 Å². The van der Waals surface area contributed by atoms with Gasteiger partial charge < -0.3 is 4.74 Å². The Bertz CT molecular complexity index is 502. The van der Waals surface area contributed by atoms with Crippen LogP contribution in [0.1, 0.15) is 16.7 Å². The van der Waals surface area contributed by atoms with E-state index in [-0.39, 0.29) is 0 Å². The summed E-state index contributed by atoms with van der Waals surface area (Å²) in [5.74, 6) is 1.51. The van der Waals surface area contributed by atoms with Crippen molar-refractivity contribution < 1.29 is 4.74 Å². The van der Waals surface area contributed by atoms with Crippen LogP contribution in [-0.4, -0.2) is 4.98 Å². The van der Waals surface area contributed by atoms with Gasteiger partial charge in [0.1, 0.15) is 5.75 Å². The van der Waals surface area contributed by atoms with E-state index in [0.717, 1.165) is 21.3 Å². The number of halogens is 1. The van der Waals surface area contributed by atoms with Crippen molar-refractivity contribution in [3.05, 3.63) is 51.6 Å². The van der Waals surface area contributed by atoms with Crippen molar-refractivity contribution in [1.82, 2.24) is 4.98 Å². The Morgan fingerprint density at radius 2 is 1.82 bits per heavy atom. The third kappa shape index (κ3) is 2.86. The molecule has 3 heteroatoms. The summed E-state index contributed by atoms with van der Waals surface area (Å²) in [6.45, 7) is 6.09. The smallest absolute Gasteiger partial charge is 0.222 e. The van der Waals surface area contributed by atoms with Crippen LogP contribution in [0.5, 0.6) is 11.6 Å². The zero-order valence-electron chi connectivity index (χ0n) is 10.1. The topological polar surface area (TPSA) is 22.1 Å². The standard InChI is InChI=1S/C14H14BrNO/c1-9-4-5-13(10(2)6-9)17-14-11(3)7-12(15)8-16-14/h4-8H,1-3H3. The van der Waals surface area contributed by atoms with Crippen molar-refractivity contribution in [3.63, 3.8) is 0 Å². The molecule has 1 aromatic carbocycles. The molecule has 0 saturated heterocycles. The molecular formula is C14H14BrNO. The normalized spacial score (nSPS) is 10.4. The lowest BCUT2D eigenvalue weighted by molar-refractivity contribution is 0.455. The number of hydrogen-bond donors (Lipinski definition) is 0. The second-order valence-corrected chi connectivity index (χ2v) is 5.06. The Balaban J connectivity index is 2.31. The summed E-state index contributed by atoms with van der Waals surface area (Å²) < 4.78 is 6.78. The van der Waals surface area contributed by atoms with E-state index in [0.29, 0.717) is 5.88 Å². The van der Waals surface area contributed by atoms with Crippen LogP contribution in [0.4, 0.5) is 0 Å². The summed E-state index contributed by atoms with van der Waals surface area (Å²) in [5, 5.41) is 0. The highest BCUT2D eigenvalue weighted by Crippen LogP contribution is 2.27. The van der Waals surface area contributed by atoms with Crippen LogP contribution in [-0.2, 0) is 0 Å². The summed E-state index contributed by atoms with van der Waals surface area (Å²) in [6.07, 6.45) is 1.74. The zero-order chi connectivity index (χ0) is 12.4. The van der Waals surface area contributed by atoms with Gasteiger partial charge in [-0.15, -0.1) is 0 Å². The lowest BCUT2D eigenvalue weighted by atomic mass is 10.1. The molecule has 0 aliphatic heterocycles. The predicted octanol–water partition coefficient (Wildman–Crippen LogP) is 4.56. The molecule has 2 aromatic rings. The summed E-state index contributed by atoms with van der Waals surface area (Å²) in [7, 11) is 0. The number of aromatic nitrogens is 1. The first-order chi connectivity index (χ1) is 8.06. The van der Waals surface area contributed by atoms with Crippen molar-refractivity contribution in [3.8, 4) is 11.6 Å².